The van der Waals surface area contributed by atoms with Crippen LogP contribution in [0.5, 0.6) is 0 Å². The van der Waals surface area contributed by atoms with Crippen LogP contribution in [0.25, 0.3) is 10.6 Å². The van der Waals surface area contributed by atoms with Gasteiger partial charge in [-0.15, -0.1) is 22.9 Å². The zero-order valence-electron chi connectivity index (χ0n) is 12.3. The summed E-state index contributed by atoms with van der Waals surface area (Å²) in [5.74, 6) is 0.515. The Kier molecular flexibility index (Phi) is 5.76. The van der Waals surface area contributed by atoms with E-state index < -0.39 is 0 Å². The second-order valence-corrected chi connectivity index (χ2v) is 5.87. The van der Waals surface area contributed by atoms with Gasteiger partial charge < -0.3 is 4.90 Å². The Morgan fingerprint density at radius 3 is 2.52 bits per heavy atom. The zero-order valence-corrected chi connectivity index (χ0v) is 13.9. The van der Waals surface area contributed by atoms with Crippen molar-refractivity contribution >= 4 is 28.8 Å². The van der Waals surface area contributed by atoms with Gasteiger partial charge in [-0.1, -0.05) is 19.1 Å². The first-order chi connectivity index (χ1) is 10.2. The van der Waals surface area contributed by atoms with Crippen molar-refractivity contribution in [2.24, 2.45) is 0 Å². The van der Waals surface area contributed by atoms with E-state index in [4.69, 9.17) is 11.6 Å². The van der Waals surface area contributed by atoms with Crippen molar-refractivity contribution in [1.82, 2.24) is 9.88 Å². The van der Waals surface area contributed by atoms with Crippen LogP contribution in [-0.4, -0.2) is 28.9 Å². The van der Waals surface area contributed by atoms with Gasteiger partial charge in [-0.25, -0.2) is 4.98 Å². The van der Waals surface area contributed by atoms with Gasteiger partial charge in [0, 0.05) is 29.6 Å². The SMILES string of the molecule is CCCN(CC)C(=O)c1ccc(-c2nc(CCl)cs2)cc1. The minimum Gasteiger partial charge on any atom is -0.339 e. The molecule has 0 aliphatic heterocycles. The molecule has 112 valence electrons. The summed E-state index contributed by atoms with van der Waals surface area (Å²) < 4.78 is 0. The normalized spacial score (nSPS) is 10.6. The van der Waals surface area contributed by atoms with Crippen LogP contribution in [0.2, 0.25) is 0 Å². The summed E-state index contributed by atoms with van der Waals surface area (Å²) in [5.41, 5.74) is 2.63. The molecule has 0 unspecified atom stereocenters. The molecule has 0 aliphatic carbocycles. The molecule has 1 heterocycles. The van der Waals surface area contributed by atoms with Crippen LogP contribution < -0.4 is 0 Å². The third-order valence-corrected chi connectivity index (χ3v) is 4.44. The minimum absolute atomic E-state index is 0.0893. The lowest BCUT2D eigenvalue weighted by Gasteiger charge is -2.20. The molecular formula is C16H19ClN2OS. The Balaban J connectivity index is 2.16. The standard InChI is InChI=1S/C16H19ClN2OS/c1-3-9-19(4-2)16(20)13-7-5-12(6-8-13)15-18-14(10-17)11-21-15/h5-8,11H,3-4,9-10H2,1-2H3. The monoisotopic (exact) mass is 322 g/mol. The molecule has 0 radical (unpaired) electrons. The number of aromatic nitrogens is 1. The lowest BCUT2D eigenvalue weighted by atomic mass is 10.1. The molecule has 1 aromatic heterocycles. The second-order valence-electron chi connectivity index (χ2n) is 4.74. The molecule has 0 aliphatic rings. The van der Waals surface area contributed by atoms with Crippen molar-refractivity contribution in [2.45, 2.75) is 26.1 Å². The topological polar surface area (TPSA) is 33.2 Å². The molecule has 0 fully saturated rings. The van der Waals surface area contributed by atoms with Crippen LogP contribution in [0.3, 0.4) is 0 Å². The van der Waals surface area contributed by atoms with E-state index in [1.807, 2.05) is 41.5 Å². The van der Waals surface area contributed by atoms with E-state index in [2.05, 4.69) is 11.9 Å². The first kappa shape index (κ1) is 16.0. The van der Waals surface area contributed by atoms with E-state index in [0.29, 0.717) is 5.88 Å². The molecule has 0 N–H and O–H groups in total. The zero-order chi connectivity index (χ0) is 15.2. The van der Waals surface area contributed by atoms with Crippen LogP contribution in [0.4, 0.5) is 0 Å². The van der Waals surface area contributed by atoms with Gasteiger partial charge in [0.2, 0.25) is 0 Å². The van der Waals surface area contributed by atoms with Gasteiger partial charge in [0.15, 0.2) is 0 Å². The fourth-order valence-electron chi connectivity index (χ4n) is 2.11. The summed E-state index contributed by atoms with van der Waals surface area (Å²) in [4.78, 5) is 18.7. The molecule has 2 rings (SSSR count). The van der Waals surface area contributed by atoms with Crippen LogP contribution in [-0.2, 0) is 5.88 Å². The molecule has 0 saturated heterocycles. The third-order valence-electron chi connectivity index (χ3n) is 3.23. The molecular weight excluding hydrogens is 304 g/mol. The predicted molar refractivity (Wildman–Crippen MR) is 89.0 cm³/mol. The number of nitrogens with zero attached hydrogens (tertiary/aromatic N) is 2. The summed E-state index contributed by atoms with van der Waals surface area (Å²) in [6.45, 7) is 5.61. The lowest BCUT2D eigenvalue weighted by molar-refractivity contribution is 0.0764. The van der Waals surface area contributed by atoms with E-state index >= 15 is 0 Å². The largest absolute Gasteiger partial charge is 0.339 e. The highest BCUT2D eigenvalue weighted by atomic mass is 35.5. The molecule has 0 atom stereocenters. The number of halogens is 1. The van der Waals surface area contributed by atoms with Crippen molar-refractivity contribution in [1.29, 1.82) is 0 Å². The Bertz CT molecular complexity index is 595. The molecule has 0 spiro atoms. The number of carbonyl (C=O) groups is 1. The van der Waals surface area contributed by atoms with Crippen LogP contribution in [0, 0.1) is 0 Å². The van der Waals surface area contributed by atoms with E-state index in [9.17, 15) is 4.79 Å². The highest BCUT2D eigenvalue weighted by Gasteiger charge is 2.13. The molecule has 2 aromatic rings. The van der Waals surface area contributed by atoms with Crippen LogP contribution >= 0.6 is 22.9 Å². The number of carbonyl (C=O) groups excluding carboxylic acids is 1. The fraction of sp³-hybridized carbons (Fsp3) is 0.375. The molecule has 0 saturated carbocycles. The summed E-state index contributed by atoms with van der Waals surface area (Å²) in [7, 11) is 0. The minimum atomic E-state index is 0.0893. The van der Waals surface area contributed by atoms with Gasteiger partial charge in [-0.2, -0.15) is 0 Å². The van der Waals surface area contributed by atoms with E-state index in [0.717, 1.165) is 41.3 Å². The van der Waals surface area contributed by atoms with Gasteiger partial charge in [0.1, 0.15) is 5.01 Å². The Labute approximate surface area is 134 Å². The maximum atomic E-state index is 12.4. The Morgan fingerprint density at radius 2 is 2.00 bits per heavy atom. The molecule has 1 aromatic carbocycles. The average molecular weight is 323 g/mol. The first-order valence-electron chi connectivity index (χ1n) is 7.09. The molecule has 0 bridgehead atoms. The van der Waals surface area contributed by atoms with E-state index in [1.165, 1.54) is 0 Å². The fourth-order valence-corrected chi connectivity index (χ4v) is 3.17. The highest BCUT2D eigenvalue weighted by Crippen LogP contribution is 2.25. The van der Waals surface area contributed by atoms with Gasteiger partial charge >= 0.3 is 0 Å². The highest BCUT2D eigenvalue weighted by molar-refractivity contribution is 7.13. The van der Waals surface area contributed by atoms with Crippen molar-refractivity contribution in [2.75, 3.05) is 13.1 Å². The quantitative estimate of drug-likeness (QED) is 0.737. The number of rotatable bonds is 6. The van der Waals surface area contributed by atoms with Gasteiger partial charge in [0.25, 0.3) is 5.91 Å². The van der Waals surface area contributed by atoms with Crippen LogP contribution in [0.1, 0.15) is 36.3 Å². The molecule has 1 amide bonds. The lowest BCUT2D eigenvalue weighted by Crippen LogP contribution is -2.31. The number of benzene rings is 1. The molecule has 21 heavy (non-hydrogen) atoms. The predicted octanol–water partition coefficient (Wildman–Crippen LogP) is 4.42. The summed E-state index contributed by atoms with van der Waals surface area (Å²) >= 11 is 7.34. The first-order valence-corrected chi connectivity index (χ1v) is 8.51. The summed E-state index contributed by atoms with van der Waals surface area (Å²) in [6, 6.07) is 7.64. The molecule has 5 heteroatoms. The summed E-state index contributed by atoms with van der Waals surface area (Å²) in [6.07, 6.45) is 0.970. The Morgan fingerprint density at radius 1 is 1.29 bits per heavy atom. The van der Waals surface area contributed by atoms with Gasteiger partial charge in [0.05, 0.1) is 11.6 Å². The molecule has 3 nitrogen and oxygen atoms in total. The van der Waals surface area contributed by atoms with Gasteiger partial charge in [-0.05, 0) is 25.5 Å². The maximum Gasteiger partial charge on any atom is 0.253 e. The number of hydrogen-bond donors (Lipinski definition) is 0. The van der Waals surface area contributed by atoms with E-state index in [1.54, 1.807) is 11.3 Å². The number of amides is 1. The number of thiazole rings is 1. The smallest absolute Gasteiger partial charge is 0.253 e. The Hall–Kier alpha value is -1.39. The van der Waals surface area contributed by atoms with E-state index in [-0.39, 0.29) is 5.91 Å². The second kappa shape index (κ2) is 7.57. The number of alkyl halides is 1. The maximum absolute atomic E-state index is 12.4. The van der Waals surface area contributed by atoms with Crippen LogP contribution in [0.15, 0.2) is 29.6 Å². The number of hydrogen-bond acceptors (Lipinski definition) is 3. The third kappa shape index (κ3) is 3.83. The van der Waals surface area contributed by atoms with Crippen molar-refractivity contribution in [3.8, 4) is 10.6 Å². The summed E-state index contributed by atoms with van der Waals surface area (Å²) in [5, 5.41) is 2.90. The van der Waals surface area contributed by atoms with Crippen molar-refractivity contribution < 1.29 is 4.79 Å². The van der Waals surface area contributed by atoms with Gasteiger partial charge in [-0.3, -0.25) is 4.79 Å². The van der Waals surface area contributed by atoms with Crippen molar-refractivity contribution in [3.63, 3.8) is 0 Å². The average Bonchev–Trinajstić information content (AvgIpc) is 3.01. The van der Waals surface area contributed by atoms with Crippen molar-refractivity contribution in [3.05, 3.63) is 40.9 Å².